The van der Waals surface area contributed by atoms with Gasteiger partial charge in [0.05, 0.1) is 0 Å². The fourth-order valence-electron chi connectivity index (χ4n) is 0.123. The third-order valence-corrected chi connectivity index (χ3v) is 2.27. The SMILES string of the molecule is O=P(O)(O)OS(=O)(O)=S.[H-].[H-].[K+].[K+]. The predicted molar refractivity (Wildman–Crippen MR) is 33.5 cm³/mol. The first-order valence-corrected chi connectivity index (χ1v) is 5.34. The zero-order valence-electron chi connectivity index (χ0n) is 7.83. The summed E-state index contributed by atoms with van der Waals surface area (Å²) >= 11 is 3.60. The van der Waals surface area contributed by atoms with Gasteiger partial charge in [0.2, 0.25) is 0 Å². The molecule has 60 valence electrons. The molecule has 0 bridgehead atoms. The van der Waals surface area contributed by atoms with Crippen LogP contribution in [0.25, 0.3) is 0 Å². The first-order chi connectivity index (χ1) is 3.71. The molecule has 0 aromatic carbocycles. The zero-order chi connectivity index (χ0) is 7.71. The molecule has 0 aliphatic carbocycles. The Hall–Kier alpha value is 3.71. The van der Waals surface area contributed by atoms with Gasteiger partial charge in [-0.05, 0) is 0 Å². The van der Waals surface area contributed by atoms with Crippen molar-refractivity contribution in [3.63, 3.8) is 0 Å². The molecule has 6 nitrogen and oxygen atoms in total. The largest absolute Gasteiger partial charge is 1.00 e. The van der Waals surface area contributed by atoms with E-state index in [1.165, 1.54) is 0 Å². The van der Waals surface area contributed by atoms with E-state index in [0.717, 1.165) is 0 Å². The van der Waals surface area contributed by atoms with Gasteiger partial charge in [-0.3, -0.25) is 4.55 Å². The van der Waals surface area contributed by atoms with Crippen LogP contribution in [-0.4, -0.2) is 18.5 Å². The van der Waals surface area contributed by atoms with E-state index in [-0.39, 0.29) is 106 Å². The average molecular weight is 274 g/mol. The molecule has 0 saturated heterocycles. The molecule has 0 spiro atoms. The number of hydrogen-bond donors (Lipinski definition) is 3. The minimum Gasteiger partial charge on any atom is -1.00 e. The quantitative estimate of drug-likeness (QED) is 0.340. The van der Waals surface area contributed by atoms with Crippen LogP contribution in [0, 0.1) is 0 Å². The summed E-state index contributed by atoms with van der Waals surface area (Å²) in [6, 6.07) is 0. The second kappa shape index (κ2) is 7.93. The summed E-state index contributed by atoms with van der Waals surface area (Å²) in [5.74, 6) is 0. The Morgan fingerprint density at radius 2 is 1.73 bits per heavy atom. The van der Waals surface area contributed by atoms with Crippen LogP contribution in [0.15, 0.2) is 0 Å². The molecule has 0 rings (SSSR count). The fraction of sp³-hybridized carbons (Fsp3) is 0. The van der Waals surface area contributed by atoms with Crippen LogP contribution in [0.4, 0.5) is 0 Å². The van der Waals surface area contributed by atoms with Crippen LogP contribution in [0.2, 0.25) is 0 Å². The Bertz CT molecular complexity index is 233. The second-order valence-electron chi connectivity index (χ2n) is 0.993. The van der Waals surface area contributed by atoms with Crippen LogP contribution in [0.1, 0.15) is 2.85 Å². The van der Waals surface area contributed by atoms with E-state index in [0.29, 0.717) is 0 Å². The van der Waals surface area contributed by atoms with Crippen molar-refractivity contribution in [1.82, 2.24) is 0 Å². The summed E-state index contributed by atoms with van der Waals surface area (Å²) in [5.41, 5.74) is 0. The van der Waals surface area contributed by atoms with Crippen molar-refractivity contribution in [3.8, 4) is 0 Å². The van der Waals surface area contributed by atoms with Crippen LogP contribution in [0.5, 0.6) is 0 Å². The molecule has 1 atom stereocenters. The fourth-order valence-corrected chi connectivity index (χ4v) is 1.82. The minimum absolute atomic E-state index is 0. The van der Waals surface area contributed by atoms with Crippen molar-refractivity contribution in [2.45, 2.75) is 0 Å². The molecule has 0 aromatic rings. The molecule has 0 radical (unpaired) electrons. The van der Waals surface area contributed by atoms with E-state index >= 15 is 0 Å². The Balaban J connectivity index is -0.0000000533. The molecule has 0 amide bonds. The van der Waals surface area contributed by atoms with Gasteiger partial charge in [-0.1, -0.05) is 0 Å². The molecule has 11 heteroatoms. The van der Waals surface area contributed by atoms with Crippen LogP contribution in [0.3, 0.4) is 0 Å². The van der Waals surface area contributed by atoms with E-state index in [9.17, 15) is 8.77 Å². The Morgan fingerprint density at radius 3 is 1.73 bits per heavy atom. The topological polar surface area (TPSA) is 104 Å². The Labute approximate surface area is 157 Å². The van der Waals surface area contributed by atoms with Crippen LogP contribution >= 0.6 is 7.82 Å². The van der Waals surface area contributed by atoms with Gasteiger partial charge >= 0.3 is 111 Å². The van der Waals surface area contributed by atoms with Crippen LogP contribution < -0.4 is 103 Å². The maximum absolute atomic E-state index is 9.86. The standard InChI is InChI=1S/2K.H3O6PS2.2H/c;;1-7(2,3)6-9(4,5)8;;/h;;(H2,1,2,3)(H,4,5,8);;/q2*+1;;2*-1. The molecule has 11 heavy (non-hydrogen) atoms. The molecule has 1 unspecified atom stereocenters. The number of rotatable bonds is 2. The molecule has 0 aliphatic heterocycles. The Morgan fingerprint density at radius 1 is 1.45 bits per heavy atom. The van der Waals surface area contributed by atoms with Gasteiger partial charge in [0.1, 0.15) is 0 Å². The van der Waals surface area contributed by atoms with Gasteiger partial charge in [0, 0.05) is 11.2 Å². The van der Waals surface area contributed by atoms with Crippen molar-refractivity contribution in [1.29, 1.82) is 0 Å². The number of hydrogen-bond acceptors (Lipinski definition) is 4. The molecular weight excluding hydrogens is 269 g/mol. The van der Waals surface area contributed by atoms with Crippen molar-refractivity contribution in [2.75, 3.05) is 0 Å². The smallest absolute Gasteiger partial charge is 1.00 e. The Kier molecular flexibility index (Phi) is 14.5. The third-order valence-electron chi connectivity index (χ3n) is 0.191. The van der Waals surface area contributed by atoms with Crippen molar-refractivity contribution in [3.05, 3.63) is 0 Å². The molecule has 0 saturated carbocycles. The summed E-state index contributed by atoms with van der Waals surface area (Å²) in [6.45, 7) is 0. The summed E-state index contributed by atoms with van der Waals surface area (Å²) in [4.78, 5) is 15.7. The van der Waals surface area contributed by atoms with Crippen molar-refractivity contribution >= 4 is 28.1 Å². The van der Waals surface area contributed by atoms with Gasteiger partial charge < -0.3 is 12.6 Å². The summed E-state index contributed by atoms with van der Waals surface area (Å²) in [6.07, 6.45) is 0. The van der Waals surface area contributed by atoms with Gasteiger partial charge in [0.15, 0.2) is 0 Å². The maximum Gasteiger partial charge on any atom is 1.00 e. The van der Waals surface area contributed by atoms with Gasteiger partial charge in [0.25, 0.3) is 9.05 Å². The monoisotopic (exact) mass is 274 g/mol. The maximum atomic E-state index is 9.86. The van der Waals surface area contributed by atoms with Gasteiger partial charge in [-0.2, -0.15) is 8.18 Å². The zero-order valence-corrected chi connectivity index (χ0v) is 14.6. The van der Waals surface area contributed by atoms with Gasteiger partial charge in [-0.25, -0.2) is 4.57 Å². The first kappa shape index (κ1) is 20.2. The van der Waals surface area contributed by atoms with Crippen LogP contribution in [-0.2, 0) is 28.8 Å². The molecule has 3 N–H and O–H groups in total. The van der Waals surface area contributed by atoms with Gasteiger partial charge in [-0.15, -0.1) is 0 Å². The van der Waals surface area contributed by atoms with E-state index in [2.05, 4.69) is 15.2 Å². The normalized spacial score (nSPS) is 15.5. The molecule has 0 aliphatic rings. The summed E-state index contributed by atoms with van der Waals surface area (Å²) in [5, 5.41) is 0. The third kappa shape index (κ3) is 19.9. The molecule has 0 heterocycles. The minimum atomic E-state index is -4.92. The van der Waals surface area contributed by atoms with E-state index < -0.39 is 16.9 Å². The number of phosphoric acid groups is 1. The first-order valence-electron chi connectivity index (χ1n) is 1.45. The summed E-state index contributed by atoms with van der Waals surface area (Å²) in [7, 11) is -9.13. The average Bonchev–Trinajstić information content (AvgIpc) is 1.14. The van der Waals surface area contributed by atoms with Crippen molar-refractivity contribution < 1.29 is 133 Å². The van der Waals surface area contributed by atoms with E-state index in [1.807, 2.05) is 0 Å². The van der Waals surface area contributed by atoms with Crippen molar-refractivity contribution in [2.24, 2.45) is 0 Å². The molecule has 0 fully saturated rings. The van der Waals surface area contributed by atoms with E-state index in [4.69, 9.17) is 14.3 Å². The molecular formula is H5K2O6PS2. The van der Waals surface area contributed by atoms with E-state index in [1.54, 1.807) is 0 Å². The predicted octanol–water partition coefficient (Wildman–Crippen LogP) is -6.54. The molecule has 0 aromatic heterocycles. The second-order valence-corrected chi connectivity index (χ2v) is 4.69. The summed E-state index contributed by atoms with van der Waals surface area (Å²) < 4.78 is 30.7.